The fourth-order valence-electron chi connectivity index (χ4n) is 1.63. The molecule has 1 aromatic heterocycles. The molecule has 2 aromatic rings. The normalized spacial score (nSPS) is 11.8. The number of oxazole rings is 1. The molecule has 1 heterocycles. The molecule has 8 heteroatoms. The van der Waals surface area contributed by atoms with Crippen LogP contribution in [0.2, 0.25) is 0 Å². The van der Waals surface area contributed by atoms with Crippen molar-refractivity contribution in [3.8, 4) is 0 Å². The zero-order valence-corrected chi connectivity index (χ0v) is 11.3. The van der Waals surface area contributed by atoms with Crippen molar-refractivity contribution in [1.29, 1.82) is 0 Å². The lowest BCUT2D eigenvalue weighted by atomic mass is 10.3. The molecule has 0 radical (unpaired) electrons. The zero-order valence-electron chi connectivity index (χ0n) is 10.5. The molecule has 0 aliphatic carbocycles. The highest BCUT2D eigenvalue weighted by Crippen LogP contribution is 2.23. The number of hydrogen-bond donors (Lipinski definition) is 3. The van der Waals surface area contributed by atoms with Crippen LogP contribution in [-0.4, -0.2) is 32.2 Å². The average molecular weight is 284 g/mol. The molecule has 0 aliphatic rings. The van der Waals surface area contributed by atoms with Gasteiger partial charge in [-0.25, -0.2) is 13.1 Å². The van der Waals surface area contributed by atoms with Crippen molar-refractivity contribution in [2.75, 3.05) is 29.9 Å². The van der Waals surface area contributed by atoms with Crippen LogP contribution in [0.15, 0.2) is 22.6 Å². The second-order valence-electron chi connectivity index (χ2n) is 3.96. The number of nitrogens with two attached hydrogens (primary N) is 1. The largest absolute Gasteiger partial charge is 0.423 e. The van der Waals surface area contributed by atoms with E-state index in [9.17, 15) is 8.42 Å². The van der Waals surface area contributed by atoms with Gasteiger partial charge in [-0.15, -0.1) is 0 Å². The van der Waals surface area contributed by atoms with E-state index in [1.165, 1.54) is 0 Å². The van der Waals surface area contributed by atoms with Gasteiger partial charge in [0.15, 0.2) is 5.58 Å². The van der Waals surface area contributed by atoms with Crippen molar-refractivity contribution < 1.29 is 12.8 Å². The number of aromatic nitrogens is 1. The average Bonchev–Trinajstić information content (AvgIpc) is 2.73. The second kappa shape index (κ2) is 5.45. The van der Waals surface area contributed by atoms with Crippen LogP contribution in [-0.2, 0) is 10.0 Å². The molecular weight excluding hydrogens is 268 g/mol. The summed E-state index contributed by atoms with van der Waals surface area (Å²) >= 11 is 0. The fraction of sp³-hybridized carbons (Fsp3) is 0.364. The predicted octanol–water partition coefficient (Wildman–Crippen LogP) is 0.761. The smallest absolute Gasteiger partial charge is 0.295 e. The van der Waals surface area contributed by atoms with Gasteiger partial charge in [0.2, 0.25) is 10.0 Å². The molecule has 0 saturated carbocycles. The first-order chi connectivity index (χ1) is 9.02. The summed E-state index contributed by atoms with van der Waals surface area (Å²) in [5.74, 6) is -0.0466. The second-order valence-corrected chi connectivity index (χ2v) is 5.88. The van der Waals surface area contributed by atoms with Gasteiger partial charge in [-0.05, 0) is 12.1 Å². The van der Waals surface area contributed by atoms with Crippen molar-refractivity contribution in [2.45, 2.75) is 6.92 Å². The fourth-order valence-corrected chi connectivity index (χ4v) is 2.58. The van der Waals surface area contributed by atoms with Crippen LogP contribution >= 0.6 is 0 Å². The van der Waals surface area contributed by atoms with Gasteiger partial charge in [0, 0.05) is 13.1 Å². The minimum Gasteiger partial charge on any atom is -0.423 e. The third kappa shape index (κ3) is 3.36. The van der Waals surface area contributed by atoms with Crippen molar-refractivity contribution in [2.24, 2.45) is 0 Å². The Hall–Kier alpha value is -1.80. The minimum absolute atomic E-state index is 0.0466. The maximum absolute atomic E-state index is 11.4. The van der Waals surface area contributed by atoms with Crippen LogP contribution in [0.25, 0.3) is 11.1 Å². The highest BCUT2D eigenvalue weighted by molar-refractivity contribution is 7.89. The first-order valence-electron chi connectivity index (χ1n) is 5.88. The van der Waals surface area contributed by atoms with E-state index < -0.39 is 10.0 Å². The first kappa shape index (κ1) is 13.6. The van der Waals surface area contributed by atoms with E-state index >= 15 is 0 Å². The topological polar surface area (TPSA) is 110 Å². The third-order valence-electron chi connectivity index (χ3n) is 2.46. The Kier molecular flexibility index (Phi) is 3.91. The van der Waals surface area contributed by atoms with Crippen molar-refractivity contribution in [3.05, 3.63) is 18.2 Å². The summed E-state index contributed by atoms with van der Waals surface area (Å²) in [7, 11) is -3.25. The first-order valence-corrected chi connectivity index (χ1v) is 7.53. The van der Waals surface area contributed by atoms with E-state index in [4.69, 9.17) is 10.2 Å². The van der Waals surface area contributed by atoms with Gasteiger partial charge < -0.3 is 15.5 Å². The zero-order chi connectivity index (χ0) is 13.9. The molecule has 104 valence electrons. The van der Waals surface area contributed by atoms with Crippen LogP contribution in [0, 0.1) is 0 Å². The van der Waals surface area contributed by atoms with Gasteiger partial charge in [-0.2, -0.15) is 4.98 Å². The number of anilines is 2. The Morgan fingerprint density at radius 3 is 2.89 bits per heavy atom. The van der Waals surface area contributed by atoms with Crippen molar-refractivity contribution in [3.63, 3.8) is 0 Å². The van der Waals surface area contributed by atoms with E-state index in [1.807, 2.05) is 0 Å². The number of nitrogens with zero attached hydrogens (tertiary/aromatic N) is 1. The summed E-state index contributed by atoms with van der Waals surface area (Å²) in [6.45, 7) is 2.32. The highest BCUT2D eigenvalue weighted by atomic mass is 32.2. The number of rotatable bonds is 6. The molecule has 0 amide bonds. The van der Waals surface area contributed by atoms with Crippen LogP contribution in [0.5, 0.6) is 0 Å². The number of nitrogens with one attached hydrogen (secondary N) is 2. The van der Waals surface area contributed by atoms with Crippen LogP contribution in [0.3, 0.4) is 0 Å². The van der Waals surface area contributed by atoms with E-state index in [1.54, 1.807) is 25.1 Å². The molecule has 4 N–H and O–H groups in total. The van der Waals surface area contributed by atoms with Gasteiger partial charge in [-0.3, -0.25) is 0 Å². The highest BCUT2D eigenvalue weighted by Gasteiger charge is 2.10. The van der Waals surface area contributed by atoms with Gasteiger partial charge in [0.1, 0.15) is 5.52 Å². The predicted molar refractivity (Wildman–Crippen MR) is 74.4 cm³/mol. The molecule has 0 saturated heterocycles. The Bertz CT molecular complexity index is 666. The maximum atomic E-state index is 11.4. The summed E-state index contributed by atoms with van der Waals surface area (Å²) in [5, 5.41) is 2.82. The van der Waals surface area contributed by atoms with E-state index in [2.05, 4.69) is 15.0 Å². The lowest BCUT2D eigenvalue weighted by molar-refractivity contribution is 0.583. The lowest BCUT2D eigenvalue weighted by Crippen LogP contribution is -2.29. The molecular formula is C11H16N4O3S. The standard InChI is InChI=1S/C11H16N4O3S/c1-2-14-19(16,17)7-6-13-11-15-10-8(12)4-3-5-9(10)18-11/h3-5,14H,2,6-7,12H2,1H3,(H,13,15). The van der Waals surface area contributed by atoms with Gasteiger partial charge in [-0.1, -0.05) is 13.0 Å². The SMILES string of the molecule is CCNS(=O)(=O)CCNc1nc2c(N)cccc2o1. The third-order valence-corrected chi connectivity index (χ3v) is 3.93. The van der Waals surface area contributed by atoms with E-state index in [0.29, 0.717) is 23.3 Å². The van der Waals surface area contributed by atoms with E-state index in [0.717, 1.165) is 0 Å². The number of hydrogen-bond acceptors (Lipinski definition) is 6. The van der Waals surface area contributed by atoms with Crippen LogP contribution < -0.4 is 15.8 Å². The molecule has 7 nitrogen and oxygen atoms in total. The molecule has 1 aromatic carbocycles. The Morgan fingerprint density at radius 1 is 1.42 bits per heavy atom. The molecule has 2 rings (SSSR count). The number of benzene rings is 1. The monoisotopic (exact) mass is 284 g/mol. The number of fused-ring (bicyclic) bond motifs is 1. The van der Waals surface area contributed by atoms with Gasteiger partial charge in [0.25, 0.3) is 6.01 Å². The van der Waals surface area contributed by atoms with Crippen molar-refractivity contribution in [1.82, 2.24) is 9.71 Å². The molecule has 0 aliphatic heterocycles. The number of para-hydroxylation sites is 1. The summed E-state index contributed by atoms with van der Waals surface area (Å²) in [6.07, 6.45) is 0. The molecule has 0 bridgehead atoms. The molecule has 19 heavy (non-hydrogen) atoms. The quantitative estimate of drug-likeness (QED) is 0.675. The Morgan fingerprint density at radius 2 is 2.21 bits per heavy atom. The summed E-state index contributed by atoms with van der Waals surface area (Å²) < 4.78 is 30.7. The van der Waals surface area contributed by atoms with Crippen LogP contribution in [0.1, 0.15) is 6.92 Å². The maximum Gasteiger partial charge on any atom is 0.295 e. The summed E-state index contributed by atoms with van der Waals surface area (Å²) in [5.41, 5.74) is 7.41. The van der Waals surface area contributed by atoms with Crippen molar-refractivity contribution >= 4 is 32.8 Å². The molecule has 0 unspecified atom stereocenters. The summed E-state index contributed by atoms with van der Waals surface area (Å²) in [4.78, 5) is 4.16. The van der Waals surface area contributed by atoms with Gasteiger partial charge >= 0.3 is 0 Å². The summed E-state index contributed by atoms with van der Waals surface area (Å²) in [6, 6.07) is 5.51. The molecule has 0 fully saturated rings. The molecule has 0 spiro atoms. The van der Waals surface area contributed by atoms with E-state index in [-0.39, 0.29) is 18.3 Å². The molecule has 0 atom stereocenters. The van der Waals surface area contributed by atoms with Crippen LogP contribution in [0.4, 0.5) is 11.7 Å². The number of sulfonamides is 1. The Balaban J connectivity index is 2.01. The number of nitrogen functional groups attached to an aromatic ring is 1. The Labute approximate surface area is 111 Å². The minimum atomic E-state index is -3.25. The van der Waals surface area contributed by atoms with Gasteiger partial charge in [0.05, 0.1) is 11.4 Å². The lowest BCUT2D eigenvalue weighted by Gasteiger charge is -2.04.